The van der Waals surface area contributed by atoms with E-state index in [1.54, 1.807) is 7.11 Å². The van der Waals surface area contributed by atoms with Crippen LogP contribution in [0.15, 0.2) is 23.2 Å². The molecule has 1 saturated heterocycles. The van der Waals surface area contributed by atoms with E-state index >= 15 is 0 Å². The van der Waals surface area contributed by atoms with Crippen molar-refractivity contribution in [1.82, 2.24) is 20.9 Å². The summed E-state index contributed by atoms with van der Waals surface area (Å²) in [4.78, 5) is 28.8. The van der Waals surface area contributed by atoms with Gasteiger partial charge in [-0.1, -0.05) is 12.1 Å². The summed E-state index contributed by atoms with van der Waals surface area (Å²) in [6.45, 7) is 6.18. The largest absolute Gasteiger partial charge is 0.496 e. The highest BCUT2D eigenvalue weighted by Crippen LogP contribution is 2.19. The summed E-state index contributed by atoms with van der Waals surface area (Å²) in [6, 6.07) is 5.81. The smallest absolute Gasteiger partial charge is 0.324 e. The van der Waals surface area contributed by atoms with Crippen LogP contribution in [-0.4, -0.2) is 62.6 Å². The molecule has 1 fully saturated rings. The molecule has 26 heavy (non-hydrogen) atoms. The maximum Gasteiger partial charge on any atom is 0.324 e. The van der Waals surface area contributed by atoms with Crippen LogP contribution in [0.1, 0.15) is 18.1 Å². The first-order valence-corrected chi connectivity index (χ1v) is 8.79. The molecule has 0 bridgehead atoms. The lowest BCUT2D eigenvalue weighted by molar-refractivity contribution is -0.124. The van der Waals surface area contributed by atoms with Crippen LogP contribution in [0.2, 0.25) is 0 Å². The topological polar surface area (TPSA) is 95.1 Å². The van der Waals surface area contributed by atoms with Crippen molar-refractivity contribution in [2.45, 2.75) is 20.3 Å². The molecule has 0 unspecified atom stereocenters. The van der Waals surface area contributed by atoms with Gasteiger partial charge in [0.05, 0.1) is 13.7 Å². The van der Waals surface area contributed by atoms with Crippen LogP contribution in [0.4, 0.5) is 4.79 Å². The Balaban J connectivity index is 1.84. The van der Waals surface area contributed by atoms with Crippen molar-refractivity contribution in [3.63, 3.8) is 0 Å². The van der Waals surface area contributed by atoms with Crippen LogP contribution in [0.5, 0.6) is 5.75 Å². The van der Waals surface area contributed by atoms with Crippen molar-refractivity contribution in [3.8, 4) is 5.75 Å². The normalized spacial score (nSPS) is 14.4. The number of methoxy groups -OCH3 is 1. The number of aryl methyl sites for hydroxylation is 1. The minimum absolute atomic E-state index is 0.0764. The van der Waals surface area contributed by atoms with E-state index < -0.39 is 0 Å². The van der Waals surface area contributed by atoms with Gasteiger partial charge in [-0.3, -0.25) is 14.7 Å². The molecule has 1 aromatic carbocycles. The van der Waals surface area contributed by atoms with Gasteiger partial charge in [-0.2, -0.15) is 0 Å². The van der Waals surface area contributed by atoms with Crippen molar-refractivity contribution >= 4 is 17.9 Å². The van der Waals surface area contributed by atoms with Gasteiger partial charge < -0.3 is 20.7 Å². The van der Waals surface area contributed by atoms with Crippen LogP contribution < -0.4 is 20.7 Å². The predicted octanol–water partition coefficient (Wildman–Crippen LogP) is 0.653. The Bertz CT molecular complexity index is 659. The molecule has 142 valence electrons. The van der Waals surface area contributed by atoms with Crippen molar-refractivity contribution < 1.29 is 14.3 Å². The number of rotatable bonds is 8. The van der Waals surface area contributed by atoms with E-state index in [2.05, 4.69) is 27.0 Å². The van der Waals surface area contributed by atoms with E-state index in [0.29, 0.717) is 25.6 Å². The molecule has 8 nitrogen and oxygen atoms in total. The number of nitrogens with zero attached hydrogens (tertiary/aromatic N) is 2. The van der Waals surface area contributed by atoms with Gasteiger partial charge in [0.1, 0.15) is 5.75 Å². The summed E-state index contributed by atoms with van der Waals surface area (Å²) >= 11 is 0. The molecule has 3 N–H and O–H groups in total. The minimum atomic E-state index is -0.341. The number of imide groups is 1. The highest BCUT2D eigenvalue weighted by Gasteiger charge is 2.27. The molecule has 0 aliphatic carbocycles. The number of ether oxygens (including phenoxy) is 1. The van der Waals surface area contributed by atoms with Gasteiger partial charge in [0.2, 0.25) is 5.91 Å². The number of urea groups is 1. The van der Waals surface area contributed by atoms with Gasteiger partial charge >= 0.3 is 6.03 Å². The number of carbonyl (C=O) groups is 2. The van der Waals surface area contributed by atoms with Crippen molar-refractivity contribution in [2.24, 2.45) is 4.99 Å². The standard InChI is InChI=1S/C18H27N5O3/c1-4-19-17(21-9-10-23-16(24)12-22-18(23)25)20-8-7-14-6-5-13(2)15(11-14)26-3/h5-6,11H,4,7-10,12H2,1-3H3,(H,22,25)(H2,19,20,21). The lowest BCUT2D eigenvalue weighted by atomic mass is 10.1. The quantitative estimate of drug-likeness (QED) is 0.359. The second kappa shape index (κ2) is 9.65. The molecule has 1 aliphatic heterocycles. The van der Waals surface area contributed by atoms with E-state index in [1.807, 2.05) is 26.0 Å². The Hall–Kier alpha value is -2.77. The Kier molecular flexibility index (Phi) is 7.25. The van der Waals surface area contributed by atoms with Crippen LogP contribution >= 0.6 is 0 Å². The van der Waals surface area contributed by atoms with E-state index in [0.717, 1.165) is 29.8 Å². The van der Waals surface area contributed by atoms with Gasteiger partial charge in [-0.25, -0.2) is 4.79 Å². The molecule has 0 radical (unpaired) electrons. The second-order valence-electron chi connectivity index (χ2n) is 5.95. The van der Waals surface area contributed by atoms with Crippen LogP contribution in [0.3, 0.4) is 0 Å². The van der Waals surface area contributed by atoms with Crippen LogP contribution in [0, 0.1) is 6.92 Å². The Morgan fingerprint density at radius 1 is 1.35 bits per heavy atom. The monoisotopic (exact) mass is 361 g/mol. The zero-order valence-electron chi connectivity index (χ0n) is 15.6. The summed E-state index contributed by atoms with van der Waals surface area (Å²) < 4.78 is 5.35. The van der Waals surface area contributed by atoms with Gasteiger partial charge in [0, 0.05) is 26.2 Å². The number of benzene rings is 1. The molecular formula is C18H27N5O3. The van der Waals surface area contributed by atoms with Gasteiger partial charge in [0.15, 0.2) is 5.96 Å². The molecular weight excluding hydrogens is 334 g/mol. The summed E-state index contributed by atoms with van der Waals surface area (Å²) in [6.07, 6.45) is 0.792. The third-order valence-corrected chi connectivity index (χ3v) is 4.05. The van der Waals surface area contributed by atoms with Gasteiger partial charge in [0.25, 0.3) is 0 Å². The first kappa shape index (κ1) is 19.6. The molecule has 2 rings (SSSR count). The molecule has 8 heteroatoms. The molecule has 1 heterocycles. The SMILES string of the molecule is CCNC(=NCCc1ccc(C)c(OC)c1)NCCN1C(=O)CNC1=O. The fraction of sp³-hybridized carbons (Fsp3) is 0.500. The molecule has 0 saturated carbocycles. The first-order valence-electron chi connectivity index (χ1n) is 8.79. The van der Waals surface area contributed by atoms with E-state index in [1.165, 1.54) is 4.90 Å². The number of guanidine groups is 1. The highest BCUT2D eigenvalue weighted by molar-refractivity contribution is 6.01. The van der Waals surface area contributed by atoms with E-state index in [4.69, 9.17) is 4.74 Å². The first-order chi connectivity index (χ1) is 12.5. The Morgan fingerprint density at radius 3 is 2.81 bits per heavy atom. The number of nitrogens with one attached hydrogen (secondary N) is 3. The average molecular weight is 361 g/mol. The summed E-state index contributed by atoms with van der Waals surface area (Å²) in [5.74, 6) is 1.34. The van der Waals surface area contributed by atoms with E-state index in [9.17, 15) is 9.59 Å². The number of carbonyl (C=O) groups excluding carboxylic acids is 2. The highest BCUT2D eigenvalue weighted by atomic mass is 16.5. The molecule has 0 atom stereocenters. The zero-order chi connectivity index (χ0) is 18.9. The molecule has 1 aromatic rings. The number of hydrogen-bond donors (Lipinski definition) is 3. The summed E-state index contributed by atoms with van der Waals surface area (Å²) in [5, 5.41) is 8.81. The van der Waals surface area contributed by atoms with Crippen molar-refractivity contribution in [2.75, 3.05) is 39.8 Å². The van der Waals surface area contributed by atoms with Crippen LogP contribution in [0.25, 0.3) is 0 Å². The molecule has 0 spiro atoms. The lowest BCUT2D eigenvalue weighted by Crippen LogP contribution is -2.43. The third kappa shape index (κ3) is 5.37. The summed E-state index contributed by atoms with van der Waals surface area (Å²) in [5.41, 5.74) is 2.27. The average Bonchev–Trinajstić information content (AvgIpc) is 2.95. The third-order valence-electron chi connectivity index (χ3n) is 4.05. The second-order valence-corrected chi connectivity index (χ2v) is 5.95. The maximum atomic E-state index is 11.5. The van der Waals surface area contributed by atoms with Crippen molar-refractivity contribution in [3.05, 3.63) is 29.3 Å². The molecule has 3 amide bonds. The maximum absolute atomic E-state index is 11.5. The van der Waals surface area contributed by atoms with E-state index in [-0.39, 0.29) is 18.5 Å². The van der Waals surface area contributed by atoms with Crippen LogP contribution in [-0.2, 0) is 11.2 Å². The fourth-order valence-electron chi connectivity index (χ4n) is 2.63. The van der Waals surface area contributed by atoms with Gasteiger partial charge in [-0.15, -0.1) is 0 Å². The Morgan fingerprint density at radius 2 is 2.15 bits per heavy atom. The molecule has 0 aromatic heterocycles. The van der Waals surface area contributed by atoms with Gasteiger partial charge in [-0.05, 0) is 37.5 Å². The minimum Gasteiger partial charge on any atom is -0.496 e. The zero-order valence-corrected chi connectivity index (χ0v) is 15.6. The van der Waals surface area contributed by atoms with Crippen molar-refractivity contribution in [1.29, 1.82) is 0 Å². The fourth-order valence-corrected chi connectivity index (χ4v) is 2.63. The summed E-state index contributed by atoms with van der Waals surface area (Å²) in [7, 11) is 1.67. The Labute approximate surface area is 154 Å². The molecule has 1 aliphatic rings. The number of aliphatic imine (C=N–C) groups is 1. The predicted molar refractivity (Wildman–Crippen MR) is 101 cm³/mol. The number of amides is 3. The number of hydrogen-bond acceptors (Lipinski definition) is 4. The lowest BCUT2D eigenvalue weighted by Gasteiger charge is -2.15.